The second kappa shape index (κ2) is 2.70. The van der Waals surface area contributed by atoms with Gasteiger partial charge >= 0.3 is 5.69 Å². The van der Waals surface area contributed by atoms with Gasteiger partial charge in [0.25, 0.3) is 0 Å². The number of pyridine rings is 1. The van der Waals surface area contributed by atoms with E-state index in [1.54, 1.807) is 10.8 Å². The molecule has 0 unspecified atom stereocenters. The number of hydrogen-bond acceptors (Lipinski definition) is 2. The van der Waals surface area contributed by atoms with Gasteiger partial charge in [0.15, 0.2) is 5.65 Å². The largest absolute Gasteiger partial charge is 0.327 e. The lowest BCUT2D eigenvalue weighted by Gasteiger charge is -1.97. The van der Waals surface area contributed by atoms with Gasteiger partial charge in [-0.3, -0.25) is 4.57 Å². The molecule has 0 spiro atoms. The van der Waals surface area contributed by atoms with Crippen LogP contribution in [-0.2, 0) is 0 Å². The van der Waals surface area contributed by atoms with Crippen LogP contribution in [0.25, 0.3) is 11.2 Å². The summed E-state index contributed by atoms with van der Waals surface area (Å²) < 4.78 is 2.64. The third-order valence-electron chi connectivity index (χ3n) is 2.47. The quantitative estimate of drug-likeness (QED) is 0.843. The molecule has 0 bridgehead atoms. The predicted molar refractivity (Wildman–Crippen MR) is 56.3 cm³/mol. The molecule has 1 N–H and O–H groups in total. The first kappa shape index (κ1) is 8.23. The van der Waals surface area contributed by atoms with Crippen LogP contribution in [0.4, 0.5) is 0 Å². The summed E-state index contributed by atoms with van der Waals surface area (Å²) in [5.74, 6) is 0. The molecular formula is C9H8BrN3O. The Morgan fingerprint density at radius 2 is 2.36 bits per heavy atom. The van der Waals surface area contributed by atoms with Crippen molar-refractivity contribution < 1.29 is 0 Å². The summed E-state index contributed by atoms with van der Waals surface area (Å²) in [5, 5.41) is 0. The van der Waals surface area contributed by atoms with E-state index in [2.05, 4.69) is 25.9 Å². The zero-order chi connectivity index (χ0) is 9.71. The SMILES string of the molecule is O=c1[nH]c2c(Br)ccnc2n1C1CC1. The van der Waals surface area contributed by atoms with Gasteiger partial charge in [0, 0.05) is 16.7 Å². The van der Waals surface area contributed by atoms with E-state index in [1.165, 1.54) is 0 Å². The zero-order valence-electron chi connectivity index (χ0n) is 7.33. The lowest BCUT2D eigenvalue weighted by atomic mass is 10.4. The first-order chi connectivity index (χ1) is 6.77. The highest BCUT2D eigenvalue weighted by Crippen LogP contribution is 2.35. The number of nitrogens with one attached hydrogen (secondary N) is 1. The van der Waals surface area contributed by atoms with Crippen LogP contribution < -0.4 is 5.69 Å². The molecule has 1 aliphatic carbocycles. The van der Waals surface area contributed by atoms with Crippen molar-refractivity contribution in [1.82, 2.24) is 14.5 Å². The summed E-state index contributed by atoms with van der Waals surface area (Å²) in [7, 11) is 0. The minimum Gasteiger partial charge on any atom is -0.303 e. The molecule has 5 heteroatoms. The van der Waals surface area contributed by atoms with Crippen LogP contribution in [-0.4, -0.2) is 14.5 Å². The van der Waals surface area contributed by atoms with Crippen molar-refractivity contribution in [1.29, 1.82) is 0 Å². The van der Waals surface area contributed by atoms with Crippen LogP contribution in [0.15, 0.2) is 21.5 Å². The Morgan fingerprint density at radius 1 is 1.57 bits per heavy atom. The van der Waals surface area contributed by atoms with Crippen molar-refractivity contribution in [2.24, 2.45) is 0 Å². The van der Waals surface area contributed by atoms with Gasteiger partial charge in [-0.05, 0) is 34.8 Å². The normalized spacial score (nSPS) is 16.4. The molecule has 72 valence electrons. The first-order valence-corrected chi connectivity index (χ1v) is 5.31. The molecule has 1 aliphatic rings. The lowest BCUT2D eigenvalue weighted by molar-refractivity contribution is 0.726. The Labute approximate surface area is 88.1 Å². The molecule has 1 saturated carbocycles. The smallest absolute Gasteiger partial charge is 0.303 e. The Balaban J connectivity index is 2.43. The second-order valence-electron chi connectivity index (χ2n) is 3.52. The number of hydrogen-bond donors (Lipinski definition) is 1. The number of fused-ring (bicyclic) bond motifs is 1. The topological polar surface area (TPSA) is 50.7 Å². The minimum atomic E-state index is -0.0538. The third kappa shape index (κ3) is 1.05. The maximum absolute atomic E-state index is 11.6. The Hall–Kier alpha value is -1.10. The van der Waals surface area contributed by atoms with Gasteiger partial charge in [0.1, 0.15) is 5.52 Å². The average molecular weight is 254 g/mol. The van der Waals surface area contributed by atoms with Gasteiger partial charge in [-0.1, -0.05) is 0 Å². The fourth-order valence-electron chi connectivity index (χ4n) is 1.66. The maximum Gasteiger partial charge on any atom is 0.327 e. The fraction of sp³-hybridized carbons (Fsp3) is 0.333. The first-order valence-electron chi connectivity index (χ1n) is 4.52. The Kier molecular flexibility index (Phi) is 1.58. The summed E-state index contributed by atoms with van der Waals surface area (Å²) in [6, 6.07) is 2.19. The highest BCUT2D eigenvalue weighted by Gasteiger charge is 2.28. The molecule has 4 nitrogen and oxygen atoms in total. The molecule has 0 aliphatic heterocycles. The molecule has 2 aromatic rings. The van der Waals surface area contributed by atoms with Crippen molar-refractivity contribution in [3.8, 4) is 0 Å². The molecule has 2 heterocycles. The summed E-state index contributed by atoms with van der Waals surface area (Å²) in [6.07, 6.45) is 3.88. The van der Waals surface area contributed by atoms with Crippen LogP contribution >= 0.6 is 15.9 Å². The van der Waals surface area contributed by atoms with Crippen molar-refractivity contribution in [3.05, 3.63) is 27.2 Å². The Bertz CT molecular complexity index is 553. The standard InChI is InChI=1S/C9H8BrN3O/c10-6-3-4-11-8-7(6)12-9(14)13(8)5-1-2-5/h3-5H,1-2H2,(H,12,14). The van der Waals surface area contributed by atoms with E-state index in [-0.39, 0.29) is 5.69 Å². The van der Waals surface area contributed by atoms with Gasteiger partial charge in [-0.25, -0.2) is 9.78 Å². The zero-order valence-corrected chi connectivity index (χ0v) is 8.91. The summed E-state index contributed by atoms with van der Waals surface area (Å²) in [5.41, 5.74) is 1.50. The fourth-order valence-corrected chi connectivity index (χ4v) is 2.06. The van der Waals surface area contributed by atoms with Crippen molar-refractivity contribution >= 4 is 27.1 Å². The highest BCUT2D eigenvalue weighted by molar-refractivity contribution is 9.10. The van der Waals surface area contributed by atoms with E-state index in [0.717, 1.165) is 28.5 Å². The predicted octanol–water partition coefficient (Wildman–Crippen LogP) is 1.82. The minimum absolute atomic E-state index is 0.0538. The van der Waals surface area contributed by atoms with Crippen LogP contribution in [0, 0.1) is 0 Å². The molecular weight excluding hydrogens is 246 g/mol. The van der Waals surface area contributed by atoms with Crippen molar-refractivity contribution in [3.63, 3.8) is 0 Å². The van der Waals surface area contributed by atoms with Crippen LogP contribution in [0.5, 0.6) is 0 Å². The van der Waals surface area contributed by atoms with E-state index in [0.29, 0.717) is 6.04 Å². The van der Waals surface area contributed by atoms with Crippen molar-refractivity contribution in [2.45, 2.75) is 18.9 Å². The summed E-state index contributed by atoms with van der Waals surface area (Å²) in [4.78, 5) is 18.7. The van der Waals surface area contributed by atoms with E-state index >= 15 is 0 Å². The molecule has 0 saturated heterocycles. The third-order valence-corrected chi connectivity index (χ3v) is 3.13. The van der Waals surface area contributed by atoms with Crippen molar-refractivity contribution in [2.75, 3.05) is 0 Å². The number of rotatable bonds is 1. The maximum atomic E-state index is 11.6. The highest BCUT2D eigenvalue weighted by atomic mass is 79.9. The molecule has 0 aromatic carbocycles. The second-order valence-corrected chi connectivity index (χ2v) is 4.38. The van der Waals surface area contributed by atoms with E-state index in [1.807, 2.05) is 6.07 Å². The summed E-state index contributed by atoms with van der Waals surface area (Å²) >= 11 is 3.39. The van der Waals surface area contributed by atoms with Gasteiger partial charge < -0.3 is 4.98 Å². The monoisotopic (exact) mass is 253 g/mol. The van der Waals surface area contributed by atoms with Gasteiger partial charge in [0.2, 0.25) is 0 Å². The number of H-pyrrole nitrogens is 1. The molecule has 0 amide bonds. The van der Waals surface area contributed by atoms with E-state index in [9.17, 15) is 4.79 Å². The number of aromatic amines is 1. The van der Waals surface area contributed by atoms with Crippen LogP contribution in [0.2, 0.25) is 0 Å². The van der Waals surface area contributed by atoms with E-state index < -0.39 is 0 Å². The average Bonchev–Trinajstić information content (AvgIpc) is 2.91. The molecule has 3 rings (SSSR count). The number of imidazole rings is 1. The van der Waals surface area contributed by atoms with Gasteiger partial charge in [-0.2, -0.15) is 0 Å². The molecule has 0 atom stereocenters. The molecule has 0 radical (unpaired) electrons. The molecule has 14 heavy (non-hydrogen) atoms. The van der Waals surface area contributed by atoms with E-state index in [4.69, 9.17) is 0 Å². The Morgan fingerprint density at radius 3 is 3.07 bits per heavy atom. The number of nitrogens with zero attached hydrogens (tertiary/aromatic N) is 2. The van der Waals surface area contributed by atoms with Crippen LogP contribution in [0.1, 0.15) is 18.9 Å². The molecule has 1 fully saturated rings. The van der Waals surface area contributed by atoms with Crippen LogP contribution in [0.3, 0.4) is 0 Å². The summed E-state index contributed by atoms with van der Waals surface area (Å²) in [6.45, 7) is 0. The molecule has 2 aromatic heterocycles. The van der Waals surface area contributed by atoms with Gasteiger partial charge in [-0.15, -0.1) is 0 Å². The lowest BCUT2D eigenvalue weighted by Crippen LogP contribution is -2.15. The van der Waals surface area contributed by atoms with Gasteiger partial charge in [0.05, 0.1) is 0 Å². The number of halogens is 1. The number of aromatic nitrogens is 3.